The van der Waals surface area contributed by atoms with E-state index in [1.54, 1.807) is 0 Å². The second-order valence-electron chi connectivity index (χ2n) is 6.71. The standard InChI is InChI=1S/C18H24N2O2/c1-12-4-3-5-15-13(10-19-17(12)15)6-9-16(22)20-18(2,11-21)14-7-8-14/h3-5,10,14,19,21H,6-9,11H2,1-2H3,(H,20,22). The number of aryl methyl sites for hydroxylation is 2. The number of carbonyl (C=O) groups excluding carboxylic acids is 1. The predicted molar refractivity (Wildman–Crippen MR) is 87.7 cm³/mol. The molecule has 0 saturated heterocycles. The number of hydrogen-bond acceptors (Lipinski definition) is 2. The lowest BCUT2D eigenvalue weighted by molar-refractivity contribution is -0.123. The molecule has 1 atom stereocenters. The molecule has 1 saturated carbocycles. The number of para-hydroxylation sites is 1. The van der Waals surface area contributed by atoms with Gasteiger partial charge in [-0.3, -0.25) is 4.79 Å². The number of benzene rings is 1. The number of nitrogens with one attached hydrogen (secondary N) is 2. The first-order valence-corrected chi connectivity index (χ1v) is 8.01. The van der Waals surface area contributed by atoms with Crippen LogP contribution in [0.5, 0.6) is 0 Å². The molecule has 1 aromatic heterocycles. The van der Waals surface area contributed by atoms with Crippen LogP contribution >= 0.6 is 0 Å². The Morgan fingerprint density at radius 1 is 1.45 bits per heavy atom. The SMILES string of the molecule is Cc1cccc2c(CCC(=O)NC(C)(CO)C3CC3)c[nH]c12. The van der Waals surface area contributed by atoms with Crippen LogP contribution in [-0.2, 0) is 11.2 Å². The Bertz CT molecular complexity index is 687. The summed E-state index contributed by atoms with van der Waals surface area (Å²) >= 11 is 0. The Kier molecular flexibility index (Phi) is 3.96. The van der Waals surface area contributed by atoms with E-state index >= 15 is 0 Å². The number of carbonyl (C=O) groups is 1. The molecule has 1 amide bonds. The van der Waals surface area contributed by atoms with E-state index in [2.05, 4.69) is 29.4 Å². The highest BCUT2D eigenvalue weighted by molar-refractivity contribution is 5.86. The van der Waals surface area contributed by atoms with Crippen LogP contribution in [0.25, 0.3) is 10.9 Å². The molecule has 1 aromatic carbocycles. The topological polar surface area (TPSA) is 65.1 Å². The van der Waals surface area contributed by atoms with Crippen molar-refractivity contribution in [2.24, 2.45) is 5.92 Å². The summed E-state index contributed by atoms with van der Waals surface area (Å²) in [5.74, 6) is 0.447. The minimum atomic E-state index is -0.451. The number of hydrogen-bond donors (Lipinski definition) is 3. The number of fused-ring (bicyclic) bond motifs is 1. The first-order valence-electron chi connectivity index (χ1n) is 8.01. The van der Waals surface area contributed by atoms with E-state index in [9.17, 15) is 9.90 Å². The molecule has 4 heteroatoms. The van der Waals surface area contributed by atoms with Gasteiger partial charge in [-0.15, -0.1) is 0 Å². The highest BCUT2D eigenvalue weighted by Gasteiger charge is 2.41. The molecule has 4 nitrogen and oxygen atoms in total. The molecule has 0 radical (unpaired) electrons. The van der Waals surface area contributed by atoms with Gasteiger partial charge in [0, 0.05) is 23.5 Å². The maximum atomic E-state index is 12.2. The summed E-state index contributed by atoms with van der Waals surface area (Å²) in [4.78, 5) is 15.5. The van der Waals surface area contributed by atoms with Gasteiger partial charge in [0.25, 0.3) is 0 Å². The molecule has 2 aromatic rings. The zero-order valence-electron chi connectivity index (χ0n) is 13.3. The van der Waals surface area contributed by atoms with Crippen molar-refractivity contribution < 1.29 is 9.90 Å². The van der Waals surface area contributed by atoms with Gasteiger partial charge in [-0.05, 0) is 50.2 Å². The van der Waals surface area contributed by atoms with E-state index in [1.807, 2.05) is 19.2 Å². The summed E-state index contributed by atoms with van der Waals surface area (Å²) in [6, 6.07) is 6.22. The van der Waals surface area contributed by atoms with Crippen LogP contribution in [0.1, 0.15) is 37.3 Å². The number of aliphatic hydroxyl groups is 1. The summed E-state index contributed by atoms with van der Waals surface area (Å²) in [5.41, 5.74) is 3.09. The molecule has 3 rings (SSSR count). The summed E-state index contributed by atoms with van der Waals surface area (Å²) in [6.45, 7) is 4.03. The Balaban J connectivity index is 1.64. The highest BCUT2D eigenvalue weighted by Crippen LogP contribution is 2.39. The van der Waals surface area contributed by atoms with Gasteiger partial charge in [0.05, 0.1) is 12.1 Å². The zero-order chi connectivity index (χ0) is 15.7. The van der Waals surface area contributed by atoms with Crippen LogP contribution in [0.4, 0.5) is 0 Å². The van der Waals surface area contributed by atoms with Crippen molar-refractivity contribution in [3.63, 3.8) is 0 Å². The molecule has 118 valence electrons. The highest BCUT2D eigenvalue weighted by atomic mass is 16.3. The van der Waals surface area contributed by atoms with Crippen LogP contribution in [0, 0.1) is 12.8 Å². The lowest BCUT2D eigenvalue weighted by Gasteiger charge is -2.28. The molecule has 22 heavy (non-hydrogen) atoms. The molecular formula is C18H24N2O2. The van der Waals surface area contributed by atoms with E-state index in [-0.39, 0.29) is 12.5 Å². The first-order chi connectivity index (χ1) is 10.5. The van der Waals surface area contributed by atoms with Crippen LogP contribution in [0.15, 0.2) is 24.4 Å². The minimum Gasteiger partial charge on any atom is -0.394 e. The van der Waals surface area contributed by atoms with Gasteiger partial charge in [-0.2, -0.15) is 0 Å². The molecule has 0 spiro atoms. The van der Waals surface area contributed by atoms with Crippen molar-refractivity contribution in [1.82, 2.24) is 10.3 Å². The number of H-pyrrole nitrogens is 1. The molecular weight excluding hydrogens is 276 g/mol. The Labute approximate surface area is 130 Å². The van der Waals surface area contributed by atoms with Gasteiger partial charge in [-0.1, -0.05) is 18.2 Å². The molecule has 0 aliphatic heterocycles. The van der Waals surface area contributed by atoms with E-state index in [0.29, 0.717) is 18.8 Å². The predicted octanol–water partition coefficient (Wildman–Crippen LogP) is 2.69. The summed E-state index contributed by atoms with van der Waals surface area (Å²) in [5, 5.41) is 13.8. The monoisotopic (exact) mass is 300 g/mol. The van der Waals surface area contributed by atoms with Crippen molar-refractivity contribution in [2.45, 2.75) is 45.1 Å². The second kappa shape index (κ2) is 5.76. The van der Waals surface area contributed by atoms with Crippen molar-refractivity contribution in [1.29, 1.82) is 0 Å². The molecule has 1 fully saturated rings. The average Bonchev–Trinajstić information content (AvgIpc) is 3.27. The third-order valence-electron chi connectivity index (χ3n) is 4.86. The number of aromatic amines is 1. The van der Waals surface area contributed by atoms with Crippen LogP contribution in [0.2, 0.25) is 0 Å². The van der Waals surface area contributed by atoms with Crippen molar-refractivity contribution in [2.75, 3.05) is 6.61 Å². The fraction of sp³-hybridized carbons (Fsp3) is 0.500. The summed E-state index contributed by atoms with van der Waals surface area (Å²) in [6.07, 6.45) is 5.35. The fourth-order valence-corrected chi connectivity index (χ4v) is 3.19. The lowest BCUT2D eigenvalue weighted by atomic mass is 9.96. The average molecular weight is 300 g/mol. The molecule has 1 aliphatic rings. The molecule has 1 aliphatic carbocycles. The smallest absolute Gasteiger partial charge is 0.220 e. The van der Waals surface area contributed by atoms with Gasteiger partial charge in [0.15, 0.2) is 0 Å². The maximum Gasteiger partial charge on any atom is 0.220 e. The van der Waals surface area contributed by atoms with Crippen molar-refractivity contribution in [3.05, 3.63) is 35.5 Å². The Morgan fingerprint density at radius 3 is 2.91 bits per heavy atom. The van der Waals surface area contributed by atoms with Crippen molar-refractivity contribution >= 4 is 16.8 Å². The van der Waals surface area contributed by atoms with E-state index in [1.165, 1.54) is 16.5 Å². The fourth-order valence-electron chi connectivity index (χ4n) is 3.19. The molecule has 1 unspecified atom stereocenters. The normalized spacial score (nSPS) is 17.4. The zero-order valence-corrected chi connectivity index (χ0v) is 13.3. The van der Waals surface area contributed by atoms with Crippen LogP contribution in [-0.4, -0.2) is 28.1 Å². The number of amides is 1. The number of rotatable bonds is 6. The van der Waals surface area contributed by atoms with Crippen molar-refractivity contribution in [3.8, 4) is 0 Å². The van der Waals surface area contributed by atoms with Crippen LogP contribution in [0.3, 0.4) is 0 Å². The largest absolute Gasteiger partial charge is 0.394 e. The van der Waals surface area contributed by atoms with Gasteiger partial charge in [0.1, 0.15) is 0 Å². The molecule has 1 heterocycles. The summed E-state index contributed by atoms with van der Waals surface area (Å²) in [7, 11) is 0. The first kappa shape index (κ1) is 15.1. The Hall–Kier alpha value is -1.81. The van der Waals surface area contributed by atoms with Gasteiger partial charge >= 0.3 is 0 Å². The van der Waals surface area contributed by atoms with Gasteiger partial charge in [-0.25, -0.2) is 0 Å². The lowest BCUT2D eigenvalue weighted by Crippen LogP contribution is -2.50. The quantitative estimate of drug-likeness (QED) is 0.768. The van der Waals surface area contributed by atoms with E-state index in [4.69, 9.17) is 0 Å². The molecule has 3 N–H and O–H groups in total. The van der Waals surface area contributed by atoms with Gasteiger partial charge < -0.3 is 15.4 Å². The van der Waals surface area contributed by atoms with E-state index < -0.39 is 5.54 Å². The maximum absolute atomic E-state index is 12.2. The third-order valence-corrected chi connectivity index (χ3v) is 4.86. The van der Waals surface area contributed by atoms with Gasteiger partial charge in [0.2, 0.25) is 5.91 Å². The molecule has 0 bridgehead atoms. The third kappa shape index (κ3) is 2.88. The van der Waals surface area contributed by atoms with Crippen LogP contribution < -0.4 is 5.32 Å². The Morgan fingerprint density at radius 2 is 2.23 bits per heavy atom. The van der Waals surface area contributed by atoms with E-state index in [0.717, 1.165) is 18.4 Å². The summed E-state index contributed by atoms with van der Waals surface area (Å²) < 4.78 is 0. The second-order valence-corrected chi connectivity index (χ2v) is 6.71. The number of aromatic nitrogens is 1. The number of aliphatic hydroxyl groups excluding tert-OH is 1. The minimum absolute atomic E-state index is 0.00961.